The first-order chi connectivity index (χ1) is 11.2. The van der Waals surface area contributed by atoms with Crippen LogP contribution in [0.5, 0.6) is 0 Å². The van der Waals surface area contributed by atoms with E-state index in [1.165, 1.54) is 30.3 Å². The van der Waals surface area contributed by atoms with Gasteiger partial charge in [-0.1, -0.05) is 12.1 Å². The average Bonchev–Trinajstić information content (AvgIpc) is 2.54. The molecular formula is C16H15N3O4S. The summed E-state index contributed by atoms with van der Waals surface area (Å²) < 4.78 is 22.9. The zero-order valence-corrected chi connectivity index (χ0v) is 13.9. The largest absolute Gasteiger partial charge is 0.377 e. The second-order valence-corrected chi connectivity index (χ2v) is 7.32. The molecule has 24 heavy (non-hydrogen) atoms. The van der Waals surface area contributed by atoms with Gasteiger partial charge >= 0.3 is 0 Å². The number of nitriles is 1. The van der Waals surface area contributed by atoms with E-state index < -0.39 is 14.8 Å². The molecule has 0 amide bonds. The number of hydrogen-bond donors (Lipinski definition) is 1. The summed E-state index contributed by atoms with van der Waals surface area (Å²) in [6, 6.07) is 12.1. The van der Waals surface area contributed by atoms with Crippen molar-refractivity contribution in [2.75, 3.05) is 11.6 Å². The monoisotopic (exact) mass is 345 g/mol. The Kier molecular flexibility index (Phi) is 4.85. The van der Waals surface area contributed by atoms with E-state index in [4.69, 9.17) is 5.26 Å². The van der Waals surface area contributed by atoms with Crippen LogP contribution in [0.15, 0.2) is 47.4 Å². The lowest BCUT2D eigenvalue weighted by Gasteiger charge is -2.17. The number of rotatable bonds is 5. The number of nitro groups is 1. The quantitative estimate of drug-likeness (QED) is 0.658. The SMILES string of the molecule is CC(Nc1ccc([N+](=O)[O-])cc1C#N)c1ccc(S(C)(=O)=O)cc1. The van der Waals surface area contributed by atoms with Crippen LogP contribution in [0.1, 0.15) is 24.1 Å². The van der Waals surface area contributed by atoms with Gasteiger partial charge < -0.3 is 5.32 Å². The molecule has 0 spiro atoms. The van der Waals surface area contributed by atoms with Gasteiger partial charge in [0.15, 0.2) is 9.84 Å². The molecule has 2 aromatic carbocycles. The zero-order chi connectivity index (χ0) is 17.9. The fraction of sp³-hybridized carbons (Fsp3) is 0.188. The van der Waals surface area contributed by atoms with Crippen LogP contribution in [0.2, 0.25) is 0 Å². The Bertz CT molecular complexity index is 915. The van der Waals surface area contributed by atoms with Crippen molar-refractivity contribution in [2.45, 2.75) is 17.9 Å². The van der Waals surface area contributed by atoms with Crippen LogP contribution in [0, 0.1) is 21.4 Å². The van der Waals surface area contributed by atoms with E-state index in [-0.39, 0.29) is 22.2 Å². The molecule has 7 nitrogen and oxygen atoms in total. The molecule has 8 heteroatoms. The van der Waals surface area contributed by atoms with Crippen molar-refractivity contribution in [3.63, 3.8) is 0 Å². The molecule has 0 bridgehead atoms. The Morgan fingerprint density at radius 2 is 1.83 bits per heavy atom. The normalized spacial score (nSPS) is 12.2. The molecule has 0 aliphatic heterocycles. The van der Waals surface area contributed by atoms with Gasteiger partial charge in [0, 0.05) is 24.4 Å². The number of benzene rings is 2. The maximum absolute atomic E-state index is 11.5. The second-order valence-electron chi connectivity index (χ2n) is 5.31. The molecule has 0 heterocycles. The number of nitro benzene ring substituents is 1. The topological polar surface area (TPSA) is 113 Å². The van der Waals surface area contributed by atoms with Crippen LogP contribution >= 0.6 is 0 Å². The summed E-state index contributed by atoms with van der Waals surface area (Å²) in [4.78, 5) is 10.4. The van der Waals surface area contributed by atoms with Crippen molar-refractivity contribution in [3.8, 4) is 6.07 Å². The van der Waals surface area contributed by atoms with Gasteiger partial charge in [0.05, 0.1) is 21.1 Å². The minimum absolute atomic E-state index is 0.151. The zero-order valence-electron chi connectivity index (χ0n) is 13.1. The maximum atomic E-state index is 11.5. The lowest BCUT2D eigenvalue weighted by molar-refractivity contribution is -0.384. The van der Waals surface area contributed by atoms with Gasteiger partial charge in [-0.3, -0.25) is 10.1 Å². The summed E-state index contributed by atoms with van der Waals surface area (Å²) in [5.41, 5.74) is 1.32. The lowest BCUT2D eigenvalue weighted by atomic mass is 10.1. The minimum Gasteiger partial charge on any atom is -0.377 e. The number of hydrogen-bond acceptors (Lipinski definition) is 6. The Morgan fingerprint density at radius 1 is 1.21 bits per heavy atom. The van der Waals surface area contributed by atoms with Gasteiger partial charge in [0.25, 0.3) is 5.69 Å². The van der Waals surface area contributed by atoms with Crippen molar-refractivity contribution in [1.82, 2.24) is 0 Å². The van der Waals surface area contributed by atoms with Gasteiger partial charge in [0.2, 0.25) is 0 Å². The molecular weight excluding hydrogens is 330 g/mol. The highest BCUT2D eigenvalue weighted by molar-refractivity contribution is 7.90. The first kappa shape index (κ1) is 17.4. The molecule has 0 saturated carbocycles. The van der Waals surface area contributed by atoms with Gasteiger partial charge in [-0.15, -0.1) is 0 Å². The molecule has 1 N–H and O–H groups in total. The predicted molar refractivity (Wildman–Crippen MR) is 89.4 cm³/mol. The molecule has 1 atom stereocenters. The van der Waals surface area contributed by atoms with Crippen LogP contribution < -0.4 is 5.32 Å². The highest BCUT2D eigenvalue weighted by Crippen LogP contribution is 2.26. The predicted octanol–water partition coefficient (Wildman–Crippen LogP) is 3.04. The first-order valence-corrected chi connectivity index (χ1v) is 8.86. The number of anilines is 1. The standard InChI is InChI=1S/C16H15N3O4S/c1-11(12-3-6-15(7-4-12)24(2,22)23)18-16-8-5-14(19(20)21)9-13(16)10-17/h3-9,11,18H,1-2H3. The maximum Gasteiger partial charge on any atom is 0.270 e. The lowest BCUT2D eigenvalue weighted by Crippen LogP contribution is -2.08. The van der Waals surface area contributed by atoms with E-state index in [1.807, 2.05) is 13.0 Å². The van der Waals surface area contributed by atoms with Crippen LogP contribution in [0.3, 0.4) is 0 Å². The van der Waals surface area contributed by atoms with E-state index in [0.29, 0.717) is 5.69 Å². The van der Waals surface area contributed by atoms with Crippen LogP contribution in [0.25, 0.3) is 0 Å². The summed E-state index contributed by atoms with van der Waals surface area (Å²) in [5, 5.41) is 23.0. The van der Waals surface area contributed by atoms with Crippen molar-refractivity contribution >= 4 is 21.2 Å². The van der Waals surface area contributed by atoms with Crippen molar-refractivity contribution < 1.29 is 13.3 Å². The third kappa shape index (κ3) is 3.88. The van der Waals surface area contributed by atoms with Gasteiger partial charge in [-0.05, 0) is 30.7 Å². The molecule has 2 aromatic rings. The van der Waals surface area contributed by atoms with Crippen molar-refractivity contribution in [3.05, 3.63) is 63.7 Å². The highest BCUT2D eigenvalue weighted by Gasteiger charge is 2.14. The first-order valence-electron chi connectivity index (χ1n) is 6.97. The molecule has 0 aliphatic carbocycles. The van der Waals surface area contributed by atoms with Gasteiger partial charge in [0.1, 0.15) is 6.07 Å². The third-order valence-corrected chi connectivity index (χ3v) is 4.64. The van der Waals surface area contributed by atoms with E-state index in [2.05, 4.69) is 5.32 Å². The average molecular weight is 345 g/mol. The van der Waals surface area contributed by atoms with E-state index >= 15 is 0 Å². The summed E-state index contributed by atoms with van der Waals surface area (Å²) in [5.74, 6) is 0. The Balaban J connectivity index is 2.25. The van der Waals surface area contributed by atoms with Gasteiger partial charge in [-0.25, -0.2) is 8.42 Å². The summed E-state index contributed by atoms with van der Waals surface area (Å²) in [6.07, 6.45) is 1.14. The number of sulfone groups is 1. The Morgan fingerprint density at radius 3 is 2.33 bits per heavy atom. The molecule has 0 saturated heterocycles. The molecule has 2 rings (SSSR count). The molecule has 0 aliphatic rings. The third-order valence-electron chi connectivity index (χ3n) is 3.51. The molecule has 1 unspecified atom stereocenters. The second kappa shape index (κ2) is 6.68. The van der Waals surface area contributed by atoms with Crippen LogP contribution in [-0.2, 0) is 9.84 Å². The van der Waals surface area contributed by atoms with Crippen molar-refractivity contribution in [2.24, 2.45) is 0 Å². The fourth-order valence-corrected chi connectivity index (χ4v) is 2.81. The van der Waals surface area contributed by atoms with E-state index in [0.717, 1.165) is 11.8 Å². The Hall–Kier alpha value is -2.92. The molecule has 124 valence electrons. The summed E-state index contributed by atoms with van der Waals surface area (Å²) >= 11 is 0. The van der Waals surface area contributed by atoms with E-state index in [9.17, 15) is 18.5 Å². The minimum atomic E-state index is -3.26. The van der Waals surface area contributed by atoms with Crippen molar-refractivity contribution in [1.29, 1.82) is 5.26 Å². The molecule has 0 aromatic heterocycles. The van der Waals surface area contributed by atoms with Gasteiger partial charge in [-0.2, -0.15) is 5.26 Å². The summed E-state index contributed by atoms with van der Waals surface area (Å²) in [6.45, 7) is 1.85. The highest BCUT2D eigenvalue weighted by atomic mass is 32.2. The number of nitrogens with zero attached hydrogens (tertiary/aromatic N) is 2. The smallest absolute Gasteiger partial charge is 0.270 e. The molecule has 0 radical (unpaired) electrons. The summed E-state index contributed by atoms with van der Waals surface area (Å²) in [7, 11) is -3.26. The van der Waals surface area contributed by atoms with Crippen LogP contribution in [-0.4, -0.2) is 19.6 Å². The van der Waals surface area contributed by atoms with Crippen LogP contribution in [0.4, 0.5) is 11.4 Å². The van der Waals surface area contributed by atoms with E-state index in [1.54, 1.807) is 12.1 Å². The number of nitrogens with one attached hydrogen (secondary N) is 1. The number of non-ortho nitro benzene ring substituents is 1. The Labute approximate surface area is 139 Å². The molecule has 0 fully saturated rings. The fourth-order valence-electron chi connectivity index (χ4n) is 2.18.